The van der Waals surface area contributed by atoms with Crippen molar-refractivity contribution in [1.82, 2.24) is 4.98 Å². The van der Waals surface area contributed by atoms with Crippen molar-refractivity contribution in [1.29, 1.82) is 0 Å². The van der Waals surface area contributed by atoms with Gasteiger partial charge in [-0.25, -0.2) is 4.98 Å². The van der Waals surface area contributed by atoms with Gasteiger partial charge in [0.15, 0.2) is 0 Å². The first-order chi connectivity index (χ1) is 8.58. The summed E-state index contributed by atoms with van der Waals surface area (Å²) >= 11 is 1.76. The molecule has 0 fully saturated rings. The Morgan fingerprint density at radius 3 is 2.83 bits per heavy atom. The summed E-state index contributed by atoms with van der Waals surface area (Å²) in [7, 11) is 1.73. The van der Waals surface area contributed by atoms with Gasteiger partial charge >= 0.3 is 5.69 Å². The smallest absolute Gasteiger partial charge is 0.311 e. The zero-order valence-electron chi connectivity index (χ0n) is 10.8. The number of anilines is 2. The minimum absolute atomic E-state index is 0.00496. The van der Waals surface area contributed by atoms with Crippen LogP contribution in [0.1, 0.15) is 6.92 Å². The molecule has 0 amide bonds. The summed E-state index contributed by atoms with van der Waals surface area (Å²) in [5.41, 5.74) is 0.00496. The fourth-order valence-electron chi connectivity index (χ4n) is 1.48. The first-order valence-corrected chi connectivity index (χ1v) is 7.03. The van der Waals surface area contributed by atoms with Gasteiger partial charge in [-0.3, -0.25) is 10.1 Å². The molecule has 1 aromatic heterocycles. The van der Waals surface area contributed by atoms with Gasteiger partial charge in [0.2, 0.25) is 5.82 Å². The van der Waals surface area contributed by atoms with Crippen LogP contribution in [-0.4, -0.2) is 35.5 Å². The molecule has 7 heteroatoms. The number of pyridine rings is 1. The third-order valence-electron chi connectivity index (χ3n) is 2.40. The van der Waals surface area contributed by atoms with Crippen LogP contribution in [0.5, 0.6) is 0 Å². The van der Waals surface area contributed by atoms with Crippen molar-refractivity contribution in [2.45, 2.75) is 6.92 Å². The first-order valence-electron chi connectivity index (χ1n) is 5.64. The highest BCUT2D eigenvalue weighted by Crippen LogP contribution is 2.24. The standard InChI is InChI=1S/C11H18N4O2S/c1-8(7-18-3)6-13-11-9(15(16)17)4-5-10(12-2)14-11/h4-5,8H,6-7H2,1-3H3,(H2,12,13,14). The number of nitrogens with zero attached hydrogens (tertiary/aromatic N) is 2. The van der Waals surface area contributed by atoms with Crippen LogP contribution in [0.25, 0.3) is 0 Å². The Labute approximate surface area is 111 Å². The Kier molecular flexibility index (Phi) is 5.70. The van der Waals surface area contributed by atoms with Gasteiger partial charge in [-0.2, -0.15) is 11.8 Å². The molecule has 1 unspecified atom stereocenters. The number of rotatable bonds is 7. The highest BCUT2D eigenvalue weighted by molar-refractivity contribution is 7.98. The van der Waals surface area contributed by atoms with E-state index in [1.807, 2.05) is 6.26 Å². The van der Waals surface area contributed by atoms with E-state index in [2.05, 4.69) is 22.5 Å². The van der Waals surface area contributed by atoms with Gasteiger partial charge in [0.05, 0.1) is 4.92 Å². The van der Waals surface area contributed by atoms with Crippen molar-refractivity contribution >= 4 is 29.1 Å². The molecule has 0 aromatic carbocycles. The quantitative estimate of drug-likeness (QED) is 0.585. The van der Waals surface area contributed by atoms with Gasteiger partial charge in [-0.1, -0.05) is 6.92 Å². The monoisotopic (exact) mass is 270 g/mol. The van der Waals surface area contributed by atoms with Crippen LogP contribution in [-0.2, 0) is 0 Å². The molecule has 0 aliphatic carbocycles. The van der Waals surface area contributed by atoms with Crippen LogP contribution >= 0.6 is 11.8 Å². The van der Waals surface area contributed by atoms with Gasteiger partial charge in [0.1, 0.15) is 5.82 Å². The third kappa shape index (κ3) is 4.06. The molecule has 6 nitrogen and oxygen atoms in total. The summed E-state index contributed by atoms with van der Waals surface area (Å²) in [5, 5.41) is 16.8. The zero-order valence-corrected chi connectivity index (χ0v) is 11.6. The molecule has 0 aliphatic rings. The second-order valence-electron chi connectivity index (χ2n) is 4.01. The molecule has 0 radical (unpaired) electrons. The fraction of sp³-hybridized carbons (Fsp3) is 0.545. The maximum absolute atomic E-state index is 10.9. The molecule has 0 aliphatic heterocycles. The lowest BCUT2D eigenvalue weighted by molar-refractivity contribution is -0.384. The summed E-state index contributed by atoms with van der Waals surface area (Å²) in [4.78, 5) is 14.6. The highest BCUT2D eigenvalue weighted by atomic mass is 32.2. The second-order valence-corrected chi connectivity index (χ2v) is 4.92. The predicted octanol–water partition coefficient (Wildman–Crippen LogP) is 2.44. The molecule has 1 atom stereocenters. The van der Waals surface area contributed by atoms with E-state index >= 15 is 0 Å². The van der Waals surface area contributed by atoms with Crippen LogP contribution in [0.15, 0.2) is 12.1 Å². The van der Waals surface area contributed by atoms with E-state index in [-0.39, 0.29) is 5.69 Å². The summed E-state index contributed by atoms with van der Waals surface area (Å²) in [6.45, 7) is 2.76. The van der Waals surface area contributed by atoms with Crippen molar-refractivity contribution in [2.24, 2.45) is 5.92 Å². The average Bonchev–Trinajstić information content (AvgIpc) is 2.36. The summed E-state index contributed by atoms with van der Waals surface area (Å²) in [6, 6.07) is 3.05. The third-order valence-corrected chi connectivity index (χ3v) is 3.30. The van der Waals surface area contributed by atoms with E-state index < -0.39 is 4.92 Å². The molecule has 0 bridgehead atoms. The maximum Gasteiger partial charge on any atom is 0.311 e. The molecule has 1 aromatic rings. The topological polar surface area (TPSA) is 80.1 Å². The number of aromatic nitrogens is 1. The average molecular weight is 270 g/mol. The molecule has 18 heavy (non-hydrogen) atoms. The number of hydrogen-bond donors (Lipinski definition) is 2. The number of hydrogen-bond acceptors (Lipinski definition) is 6. The normalized spacial score (nSPS) is 11.9. The van der Waals surface area contributed by atoms with Gasteiger partial charge < -0.3 is 10.6 Å². The summed E-state index contributed by atoms with van der Waals surface area (Å²) in [6.07, 6.45) is 2.04. The summed E-state index contributed by atoms with van der Waals surface area (Å²) < 4.78 is 0. The molecule has 0 spiro atoms. The van der Waals surface area contributed by atoms with Gasteiger partial charge in [0.25, 0.3) is 0 Å². The lowest BCUT2D eigenvalue weighted by atomic mass is 10.2. The van der Waals surface area contributed by atoms with E-state index in [1.165, 1.54) is 6.07 Å². The van der Waals surface area contributed by atoms with Crippen LogP contribution in [0.3, 0.4) is 0 Å². The Bertz CT molecular complexity index is 414. The van der Waals surface area contributed by atoms with Gasteiger partial charge in [-0.15, -0.1) is 0 Å². The molecule has 1 heterocycles. The largest absolute Gasteiger partial charge is 0.373 e. The lowest BCUT2D eigenvalue weighted by Gasteiger charge is -2.12. The Morgan fingerprint density at radius 1 is 1.56 bits per heavy atom. The van der Waals surface area contributed by atoms with E-state index in [4.69, 9.17) is 0 Å². The second kappa shape index (κ2) is 7.05. The number of thioether (sulfide) groups is 1. The molecule has 100 valence electrons. The minimum atomic E-state index is -0.423. The van der Waals surface area contributed by atoms with Crippen LogP contribution in [0, 0.1) is 16.0 Å². The van der Waals surface area contributed by atoms with Crippen molar-refractivity contribution < 1.29 is 4.92 Å². The van der Waals surface area contributed by atoms with Crippen LogP contribution < -0.4 is 10.6 Å². The molecule has 0 saturated heterocycles. The van der Waals surface area contributed by atoms with Crippen LogP contribution in [0.2, 0.25) is 0 Å². The van der Waals surface area contributed by atoms with Crippen molar-refractivity contribution in [3.05, 3.63) is 22.2 Å². The predicted molar refractivity (Wildman–Crippen MR) is 76.5 cm³/mol. The number of nitro groups is 1. The Hall–Kier alpha value is -1.50. The SMILES string of the molecule is CNc1ccc([N+](=O)[O-])c(NCC(C)CSC)n1. The van der Waals surface area contributed by atoms with E-state index in [9.17, 15) is 10.1 Å². The van der Waals surface area contributed by atoms with Crippen molar-refractivity contribution in [3.8, 4) is 0 Å². The first kappa shape index (κ1) is 14.6. The molecule has 2 N–H and O–H groups in total. The summed E-state index contributed by atoms with van der Waals surface area (Å²) in [5.74, 6) is 2.37. The molecular weight excluding hydrogens is 252 g/mol. The fourth-order valence-corrected chi connectivity index (χ4v) is 2.17. The number of nitrogens with one attached hydrogen (secondary N) is 2. The van der Waals surface area contributed by atoms with E-state index in [0.717, 1.165) is 5.75 Å². The van der Waals surface area contributed by atoms with E-state index in [1.54, 1.807) is 24.9 Å². The Morgan fingerprint density at radius 2 is 2.28 bits per heavy atom. The molecular formula is C11H18N4O2S. The molecule has 0 saturated carbocycles. The minimum Gasteiger partial charge on any atom is -0.373 e. The highest BCUT2D eigenvalue weighted by Gasteiger charge is 2.16. The van der Waals surface area contributed by atoms with Crippen molar-refractivity contribution in [2.75, 3.05) is 36.2 Å². The maximum atomic E-state index is 10.9. The molecule has 1 rings (SSSR count). The van der Waals surface area contributed by atoms with Crippen molar-refractivity contribution in [3.63, 3.8) is 0 Å². The zero-order chi connectivity index (χ0) is 13.5. The van der Waals surface area contributed by atoms with Gasteiger partial charge in [0, 0.05) is 19.7 Å². The van der Waals surface area contributed by atoms with Crippen LogP contribution in [0.4, 0.5) is 17.3 Å². The van der Waals surface area contributed by atoms with E-state index in [0.29, 0.717) is 24.1 Å². The lowest BCUT2D eigenvalue weighted by Crippen LogP contribution is -2.15. The van der Waals surface area contributed by atoms with Gasteiger partial charge in [-0.05, 0) is 24.0 Å². The Balaban J connectivity index is 2.80.